The summed E-state index contributed by atoms with van der Waals surface area (Å²) in [6.07, 6.45) is 1.16. The van der Waals surface area contributed by atoms with E-state index in [2.05, 4.69) is 15.9 Å². The molecule has 0 heterocycles. The molecule has 1 amide bonds. The highest BCUT2D eigenvalue weighted by atomic mass is 79.9. The van der Waals surface area contributed by atoms with Gasteiger partial charge in [-0.3, -0.25) is 4.79 Å². The third-order valence-electron chi connectivity index (χ3n) is 2.87. The van der Waals surface area contributed by atoms with Gasteiger partial charge in [-0.25, -0.2) is 8.42 Å². The van der Waals surface area contributed by atoms with Gasteiger partial charge in [-0.05, 0) is 28.9 Å². The largest absolute Gasteiger partial charge is 0.491 e. The van der Waals surface area contributed by atoms with Gasteiger partial charge in [-0.15, -0.1) is 11.6 Å². The van der Waals surface area contributed by atoms with Crippen molar-refractivity contribution in [2.75, 3.05) is 25.7 Å². The Morgan fingerprint density at radius 2 is 2.09 bits per heavy atom. The molecule has 1 aromatic carbocycles. The molecule has 0 aromatic heterocycles. The van der Waals surface area contributed by atoms with E-state index in [4.69, 9.17) is 16.3 Å². The fourth-order valence-corrected chi connectivity index (χ4v) is 2.85. The summed E-state index contributed by atoms with van der Waals surface area (Å²) in [7, 11) is -1.43. The van der Waals surface area contributed by atoms with Crippen LogP contribution in [0.1, 0.15) is 12.5 Å². The highest BCUT2D eigenvalue weighted by Crippen LogP contribution is 2.30. The topological polar surface area (TPSA) is 63.7 Å². The van der Waals surface area contributed by atoms with E-state index < -0.39 is 15.2 Å². The van der Waals surface area contributed by atoms with Crippen LogP contribution >= 0.6 is 27.5 Å². The maximum Gasteiger partial charge on any atom is 0.240 e. The highest BCUT2D eigenvalue weighted by molar-refractivity contribution is 9.10. The molecule has 0 aliphatic heterocycles. The lowest BCUT2D eigenvalue weighted by Crippen LogP contribution is -2.31. The summed E-state index contributed by atoms with van der Waals surface area (Å²) in [6.45, 7) is 1.99. The van der Waals surface area contributed by atoms with Crippen molar-refractivity contribution < 1.29 is 17.9 Å². The second kappa shape index (κ2) is 8.17. The van der Waals surface area contributed by atoms with Crippen LogP contribution in [0.5, 0.6) is 5.75 Å². The maximum absolute atomic E-state index is 11.9. The van der Waals surface area contributed by atoms with Gasteiger partial charge < -0.3 is 9.64 Å². The smallest absolute Gasteiger partial charge is 0.240 e. The van der Waals surface area contributed by atoms with Crippen molar-refractivity contribution in [3.63, 3.8) is 0 Å². The Hall–Kier alpha value is -0.790. The number of ether oxygens (including phenoxy) is 1. The monoisotopic (exact) mass is 411 g/mol. The van der Waals surface area contributed by atoms with Crippen LogP contribution in [0.4, 0.5) is 0 Å². The third kappa shape index (κ3) is 6.14. The van der Waals surface area contributed by atoms with E-state index in [9.17, 15) is 13.2 Å². The molecule has 0 N–H and O–H groups in total. The minimum Gasteiger partial charge on any atom is -0.491 e. The predicted molar refractivity (Wildman–Crippen MR) is 91.1 cm³/mol. The Morgan fingerprint density at radius 1 is 1.45 bits per heavy atom. The van der Waals surface area contributed by atoms with Crippen molar-refractivity contribution in [1.29, 1.82) is 0 Å². The summed E-state index contributed by atoms with van der Waals surface area (Å²) in [5, 5.41) is -0.605. The summed E-state index contributed by atoms with van der Waals surface area (Å²) in [6, 6.07) is 5.44. The van der Waals surface area contributed by atoms with Crippen LogP contribution in [-0.2, 0) is 21.2 Å². The number of halogens is 2. The van der Waals surface area contributed by atoms with E-state index in [-0.39, 0.29) is 18.3 Å². The van der Waals surface area contributed by atoms with E-state index in [0.29, 0.717) is 16.8 Å². The van der Waals surface area contributed by atoms with Gasteiger partial charge in [0.1, 0.15) is 17.7 Å². The zero-order valence-electron chi connectivity index (χ0n) is 12.7. The van der Waals surface area contributed by atoms with Crippen LogP contribution in [0.15, 0.2) is 22.7 Å². The van der Waals surface area contributed by atoms with Crippen LogP contribution in [0.2, 0.25) is 0 Å². The summed E-state index contributed by atoms with van der Waals surface area (Å²) < 4.78 is 28.6. The van der Waals surface area contributed by atoms with Gasteiger partial charge in [0, 0.05) is 25.4 Å². The molecule has 0 radical (unpaired) electrons. The number of hydrogen-bond acceptors (Lipinski definition) is 4. The second-order valence-electron chi connectivity index (χ2n) is 5.02. The lowest BCUT2D eigenvalue weighted by Gasteiger charge is -2.21. The molecule has 0 saturated carbocycles. The van der Waals surface area contributed by atoms with Crippen molar-refractivity contribution in [2.24, 2.45) is 0 Å². The molecule has 5 nitrogen and oxygen atoms in total. The molecule has 0 fully saturated rings. The lowest BCUT2D eigenvalue weighted by molar-refractivity contribution is -0.129. The molecular weight excluding hydrogens is 394 g/mol. The van der Waals surface area contributed by atoms with Gasteiger partial charge in [0.05, 0.1) is 10.2 Å². The molecule has 0 bridgehead atoms. The van der Waals surface area contributed by atoms with Crippen molar-refractivity contribution >= 4 is 43.3 Å². The van der Waals surface area contributed by atoms with Gasteiger partial charge in [0.25, 0.3) is 0 Å². The fourth-order valence-electron chi connectivity index (χ4n) is 1.77. The summed E-state index contributed by atoms with van der Waals surface area (Å²) in [4.78, 5) is 13.4. The number of carbonyl (C=O) groups is 1. The van der Waals surface area contributed by atoms with Gasteiger partial charge in [-0.2, -0.15) is 0 Å². The molecule has 0 aliphatic carbocycles. The van der Waals surface area contributed by atoms with Gasteiger partial charge in [0.2, 0.25) is 5.91 Å². The zero-order chi connectivity index (χ0) is 16.9. The first-order valence-corrected chi connectivity index (χ1v) is 9.87. The molecule has 124 valence electrons. The predicted octanol–water partition coefficient (Wildman–Crippen LogP) is 2.46. The minimum atomic E-state index is -3.09. The standard InChI is InChI=1S/C14H19BrClNO4S/c1-10(16)14(18)17(2)9-11-5-4-6-12(15)13(11)21-7-8-22(3,19)20/h4-6,10H,7-9H2,1-3H3. The number of nitrogens with zero attached hydrogens (tertiary/aromatic N) is 1. The Morgan fingerprint density at radius 3 is 2.64 bits per heavy atom. The number of benzene rings is 1. The molecule has 0 spiro atoms. The first kappa shape index (κ1) is 19.3. The second-order valence-corrected chi connectivity index (χ2v) is 8.79. The van der Waals surface area contributed by atoms with E-state index in [0.717, 1.165) is 11.8 Å². The molecule has 0 aliphatic rings. The average molecular weight is 413 g/mol. The SMILES string of the molecule is CC(Cl)C(=O)N(C)Cc1cccc(Br)c1OCCS(C)(=O)=O. The molecule has 22 heavy (non-hydrogen) atoms. The van der Waals surface area contributed by atoms with Crippen LogP contribution < -0.4 is 4.74 Å². The molecule has 1 unspecified atom stereocenters. The van der Waals surface area contributed by atoms with Crippen LogP contribution in [0, 0.1) is 0 Å². The number of amides is 1. The quantitative estimate of drug-likeness (QED) is 0.645. The molecule has 8 heteroatoms. The number of para-hydroxylation sites is 1. The van der Waals surface area contributed by atoms with E-state index in [1.807, 2.05) is 12.1 Å². The maximum atomic E-state index is 11.9. The highest BCUT2D eigenvalue weighted by Gasteiger charge is 2.18. The summed E-state index contributed by atoms with van der Waals surface area (Å²) in [5.41, 5.74) is 0.774. The number of alkyl halides is 1. The molecule has 1 aromatic rings. The Labute approximate surface area is 144 Å². The van der Waals surface area contributed by atoms with E-state index in [1.165, 1.54) is 4.90 Å². The summed E-state index contributed by atoms with van der Waals surface area (Å²) >= 11 is 9.18. The van der Waals surface area contributed by atoms with Crippen LogP contribution in [-0.4, -0.2) is 50.3 Å². The average Bonchev–Trinajstić information content (AvgIpc) is 2.39. The van der Waals surface area contributed by atoms with Crippen molar-refractivity contribution in [3.05, 3.63) is 28.2 Å². The fraction of sp³-hybridized carbons (Fsp3) is 0.500. The van der Waals surface area contributed by atoms with Crippen molar-refractivity contribution in [2.45, 2.75) is 18.8 Å². The van der Waals surface area contributed by atoms with Crippen LogP contribution in [0.25, 0.3) is 0 Å². The van der Waals surface area contributed by atoms with Gasteiger partial charge >= 0.3 is 0 Å². The van der Waals surface area contributed by atoms with Crippen molar-refractivity contribution in [1.82, 2.24) is 4.90 Å². The Balaban J connectivity index is 2.87. The van der Waals surface area contributed by atoms with E-state index >= 15 is 0 Å². The Bertz CT molecular complexity index is 634. The van der Waals surface area contributed by atoms with Crippen molar-refractivity contribution in [3.8, 4) is 5.75 Å². The minimum absolute atomic E-state index is 0.0536. The Kier molecular flexibility index (Phi) is 7.15. The molecular formula is C14H19BrClNO4S. The number of hydrogen-bond donors (Lipinski definition) is 0. The molecule has 1 rings (SSSR count). The molecule has 0 saturated heterocycles. The third-order valence-corrected chi connectivity index (χ3v) is 4.59. The lowest BCUT2D eigenvalue weighted by atomic mass is 10.2. The normalized spacial score (nSPS) is 12.8. The summed E-state index contributed by atoms with van der Waals surface area (Å²) in [5.74, 6) is 0.276. The number of rotatable bonds is 7. The van der Waals surface area contributed by atoms with Gasteiger partial charge in [0.15, 0.2) is 9.84 Å². The number of carbonyl (C=O) groups excluding carboxylic acids is 1. The first-order chi connectivity index (χ1) is 10.1. The van der Waals surface area contributed by atoms with E-state index in [1.54, 1.807) is 20.0 Å². The number of sulfone groups is 1. The molecule has 1 atom stereocenters. The first-order valence-electron chi connectivity index (χ1n) is 6.59. The zero-order valence-corrected chi connectivity index (χ0v) is 15.8. The van der Waals surface area contributed by atoms with Crippen LogP contribution in [0.3, 0.4) is 0 Å². The van der Waals surface area contributed by atoms with Gasteiger partial charge in [-0.1, -0.05) is 12.1 Å².